The van der Waals surface area contributed by atoms with E-state index in [9.17, 15) is 13.2 Å². The van der Waals surface area contributed by atoms with E-state index in [0.717, 1.165) is 6.07 Å². The summed E-state index contributed by atoms with van der Waals surface area (Å²) in [6, 6.07) is 3.98. The Morgan fingerprint density at radius 2 is 1.89 bits per heavy atom. The number of halogens is 3. The Balaban J connectivity index is 2.42. The van der Waals surface area contributed by atoms with Crippen LogP contribution in [0.1, 0.15) is 11.1 Å². The van der Waals surface area contributed by atoms with E-state index in [1.54, 1.807) is 4.90 Å². The first kappa shape index (κ1) is 12.8. The lowest BCUT2D eigenvalue weighted by Crippen LogP contribution is -2.37. The molecular formula is C13H12F3NO. The van der Waals surface area contributed by atoms with Gasteiger partial charge in [0.15, 0.2) is 0 Å². The predicted molar refractivity (Wildman–Crippen MR) is 62.4 cm³/mol. The van der Waals surface area contributed by atoms with Crippen molar-refractivity contribution in [2.75, 3.05) is 31.2 Å². The van der Waals surface area contributed by atoms with E-state index in [4.69, 9.17) is 11.2 Å². The number of benzene rings is 1. The van der Waals surface area contributed by atoms with Gasteiger partial charge in [-0.15, -0.1) is 6.42 Å². The van der Waals surface area contributed by atoms with Gasteiger partial charge in [0.25, 0.3) is 0 Å². The standard InChI is InChI=1S/C13H12F3NO/c1-2-10-3-4-12(11(9-10)13(14,15)16)17-5-7-18-8-6-17/h1,3-4,9H,5-8H2. The van der Waals surface area contributed by atoms with Crippen LogP contribution in [0.3, 0.4) is 0 Å². The molecule has 2 nitrogen and oxygen atoms in total. The Bertz CT molecular complexity index is 470. The van der Waals surface area contributed by atoms with Gasteiger partial charge in [-0.2, -0.15) is 13.2 Å². The van der Waals surface area contributed by atoms with Gasteiger partial charge < -0.3 is 9.64 Å². The van der Waals surface area contributed by atoms with Crippen LogP contribution in [0, 0.1) is 12.3 Å². The molecule has 0 N–H and O–H groups in total. The highest BCUT2D eigenvalue weighted by molar-refractivity contribution is 5.58. The van der Waals surface area contributed by atoms with Crippen molar-refractivity contribution in [3.63, 3.8) is 0 Å². The van der Waals surface area contributed by atoms with Crippen LogP contribution >= 0.6 is 0 Å². The SMILES string of the molecule is C#Cc1ccc(N2CCOCC2)c(C(F)(F)F)c1. The minimum Gasteiger partial charge on any atom is -0.378 e. The Hall–Kier alpha value is -1.67. The number of alkyl halides is 3. The number of rotatable bonds is 1. The maximum atomic E-state index is 13.0. The molecule has 0 radical (unpaired) electrons. The fraction of sp³-hybridized carbons (Fsp3) is 0.385. The summed E-state index contributed by atoms with van der Waals surface area (Å²) in [6.07, 6.45) is 0.737. The molecule has 0 aliphatic carbocycles. The number of nitrogens with zero attached hydrogens (tertiary/aromatic N) is 1. The monoisotopic (exact) mass is 255 g/mol. The first-order valence-corrected chi connectivity index (χ1v) is 5.53. The van der Waals surface area contributed by atoms with E-state index in [1.165, 1.54) is 12.1 Å². The second-order valence-corrected chi connectivity index (χ2v) is 3.97. The molecule has 0 atom stereocenters. The van der Waals surface area contributed by atoms with Crippen molar-refractivity contribution in [2.24, 2.45) is 0 Å². The van der Waals surface area contributed by atoms with Crippen LogP contribution < -0.4 is 4.90 Å². The molecule has 1 fully saturated rings. The van der Waals surface area contributed by atoms with Gasteiger partial charge in [-0.25, -0.2) is 0 Å². The predicted octanol–water partition coefficient (Wildman–Crippen LogP) is 2.52. The Morgan fingerprint density at radius 1 is 1.22 bits per heavy atom. The van der Waals surface area contributed by atoms with Gasteiger partial charge >= 0.3 is 6.18 Å². The van der Waals surface area contributed by atoms with E-state index in [0.29, 0.717) is 26.3 Å². The number of hydrogen-bond acceptors (Lipinski definition) is 2. The lowest BCUT2D eigenvalue weighted by Gasteiger charge is -2.31. The van der Waals surface area contributed by atoms with E-state index < -0.39 is 11.7 Å². The minimum atomic E-state index is -4.40. The first-order valence-electron chi connectivity index (χ1n) is 5.53. The van der Waals surface area contributed by atoms with Crippen molar-refractivity contribution < 1.29 is 17.9 Å². The number of ether oxygens (including phenoxy) is 1. The third-order valence-corrected chi connectivity index (χ3v) is 2.82. The molecule has 1 saturated heterocycles. The summed E-state index contributed by atoms with van der Waals surface area (Å²) < 4.78 is 44.1. The van der Waals surface area contributed by atoms with Gasteiger partial charge in [0.05, 0.1) is 18.8 Å². The molecular weight excluding hydrogens is 243 g/mol. The van der Waals surface area contributed by atoms with E-state index in [-0.39, 0.29) is 11.3 Å². The Kier molecular flexibility index (Phi) is 3.48. The zero-order chi connectivity index (χ0) is 13.2. The fourth-order valence-electron chi connectivity index (χ4n) is 1.93. The van der Waals surface area contributed by atoms with Gasteiger partial charge in [-0.1, -0.05) is 5.92 Å². The van der Waals surface area contributed by atoms with Gasteiger partial charge in [0, 0.05) is 24.3 Å². The first-order chi connectivity index (χ1) is 8.52. The van der Waals surface area contributed by atoms with Gasteiger partial charge in [-0.05, 0) is 18.2 Å². The third-order valence-electron chi connectivity index (χ3n) is 2.82. The summed E-state index contributed by atoms with van der Waals surface area (Å²) in [5.41, 5.74) is -0.274. The zero-order valence-corrected chi connectivity index (χ0v) is 9.63. The second-order valence-electron chi connectivity index (χ2n) is 3.97. The molecule has 0 unspecified atom stereocenters. The largest absolute Gasteiger partial charge is 0.418 e. The van der Waals surface area contributed by atoms with Crippen LogP contribution in [-0.4, -0.2) is 26.3 Å². The molecule has 1 heterocycles. The van der Waals surface area contributed by atoms with Crippen molar-refractivity contribution in [1.29, 1.82) is 0 Å². The highest BCUT2D eigenvalue weighted by atomic mass is 19.4. The molecule has 1 aliphatic rings. The lowest BCUT2D eigenvalue weighted by atomic mass is 10.1. The fourth-order valence-corrected chi connectivity index (χ4v) is 1.93. The number of morpholine rings is 1. The normalized spacial score (nSPS) is 16.4. The molecule has 1 aliphatic heterocycles. The van der Waals surface area contributed by atoms with Crippen LogP contribution in [0.5, 0.6) is 0 Å². The van der Waals surface area contributed by atoms with Crippen molar-refractivity contribution in [3.05, 3.63) is 29.3 Å². The van der Waals surface area contributed by atoms with Gasteiger partial charge in [0.1, 0.15) is 0 Å². The number of terminal acetylenes is 1. The highest BCUT2D eigenvalue weighted by Gasteiger charge is 2.35. The molecule has 0 amide bonds. The minimum absolute atomic E-state index is 0.171. The van der Waals surface area contributed by atoms with Gasteiger partial charge in [-0.3, -0.25) is 0 Å². The summed E-state index contributed by atoms with van der Waals surface area (Å²) in [7, 11) is 0. The van der Waals surface area contributed by atoms with Crippen LogP contribution in [0.25, 0.3) is 0 Å². The van der Waals surface area contributed by atoms with Crippen molar-refractivity contribution in [2.45, 2.75) is 6.18 Å². The molecule has 18 heavy (non-hydrogen) atoms. The number of anilines is 1. The molecule has 0 saturated carbocycles. The Morgan fingerprint density at radius 3 is 2.44 bits per heavy atom. The Labute approximate surface area is 103 Å². The summed E-state index contributed by atoms with van der Waals surface area (Å²) in [4.78, 5) is 1.67. The van der Waals surface area contributed by atoms with Gasteiger partial charge in [0.2, 0.25) is 0 Å². The molecule has 0 spiro atoms. The lowest BCUT2D eigenvalue weighted by molar-refractivity contribution is -0.137. The van der Waals surface area contributed by atoms with E-state index in [2.05, 4.69) is 5.92 Å². The quantitative estimate of drug-likeness (QED) is 0.715. The van der Waals surface area contributed by atoms with Crippen molar-refractivity contribution in [3.8, 4) is 12.3 Å². The van der Waals surface area contributed by atoms with Crippen LogP contribution in [0.2, 0.25) is 0 Å². The number of hydrogen-bond donors (Lipinski definition) is 0. The van der Waals surface area contributed by atoms with Crippen molar-refractivity contribution >= 4 is 5.69 Å². The molecule has 0 bridgehead atoms. The maximum Gasteiger partial charge on any atom is 0.418 e. The van der Waals surface area contributed by atoms with E-state index in [1.807, 2.05) is 0 Å². The summed E-state index contributed by atoms with van der Waals surface area (Å²) in [6.45, 7) is 1.79. The maximum absolute atomic E-state index is 13.0. The van der Waals surface area contributed by atoms with Crippen LogP contribution in [0.15, 0.2) is 18.2 Å². The zero-order valence-electron chi connectivity index (χ0n) is 9.63. The second kappa shape index (κ2) is 4.91. The third kappa shape index (κ3) is 2.59. The summed E-state index contributed by atoms with van der Waals surface area (Å²) in [5.74, 6) is 2.23. The van der Waals surface area contributed by atoms with Crippen molar-refractivity contribution in [1.82, 2.24) is 0 Å². The summed E-state index contributed by atoms with van der Waals surface area (Å²) >= 11 is 0. The van der Waals surface area contributed by atoms with Crippen LogP contribution in [-0.2, 0) is 10.9 Å². The molecule has 5 heteroatoms. The summed E-state index contributed by atoms with van der Waals surface area (Å²) in [5, 5.41) is 0. The molecule has 96 valence electrons. The smallest absolute Gasteiger partial charge is 0.378 e. The van der Waals surface area contributed by atoms with Crippen LogP contribution in [0.4, 0.5) is 18.9 Å². The molecule has 2 rings (SSSR count). The average Bonchev–Trinajstić information content (AvgIpc) is 2.38. The average molecular weight is 255 g/mol. The molecule has 1 aromatic rings. The highest BCUT2D eigenvalue weighted by Crippen LogP contribution is 2.37. The topological polar surface area (TPSA) is 12.5 Å². The molecule has 0 aromatic heterocycles. The molecule has 1 aromatic carbocycles. The van der Waals surface area contributed by atoms with E-state index >= 15 is 0 Å².